The summed E-state index contributed by atoms with van der Waals surface area (Å²) in [6.45, 7) is 5.92. The molecule has 0 aliphatic heterocycles. The highest BCUT2D eigenvalue weighted by Gasteiger charge is 2.36. The molecule has 2 aliphatic rings. The summed E-state index contributed by atoms with van der Waals surface area (Å²) in [5.74, 6) is 0.685. The van der Waals surface area contributed by atoms with E-state index in [0.717, 1.165) is 25.7 Å². The monoisotopic (exact) mass is 296 g/mol. The smallest absolute Gasteiger partial charge is 0.245 e. The van der Waals surface area contributed by atoms with Crippen molar-refractivity contribution in [2.75, 3.05) is 0 Å². The number of hydrogen-bond donors (Lipinski definition) is 3. The number of carbonyl (C=O) groups excluding carboxylic acids is 2. The molecule has 3 N–H and O–H groups in total. The second kappa shape index (κ2) is 6.77. The van der Waals surface area contributed by atoms with Gasteiger partial charge in [0.1, 0.15) is 6.04 Å². The Labute approximate surface area is 126 Å². The molecule has 5 atom stereocenters. The molecule has 2 rings (SSSR count). The second-order valence-corrected chi connectivity index (χ2v) is 6.88. The molecule has 2 saturated carbocycles. The van der Waals surface area contributed by atoms with Gasteiger partial charge < -0.3 is 15.7 Å². The summed E-state index contributed by atoms with van der Waals surface area (Å²) in [6, 6.07) is -0.706. The molecule has 5 heteroatoms. The molecule has 0 bridgehead atoms. The van der Waals surface area contributed by atoms with E-state index in [1.54, 1.807) is 6.92 Å². The lowest BCUT2D eigenvalue weighted by Gasteiger charge is -2.35. The van der Waals surface area contributed by atoms with E-state index in [1.165, 1.54) is 6.42 Å². The zero-order valence-corrected chi connectivity index (χ0v) is 13.3. The number of amides is 2. The molecule has 0 radical (unpaired) electrons. The van der Waals surface area contributed by atoms with E-state index in [9.17, 15) is 14.7 Å². The fraction of sp³-hybridized carbons (Fsp3) is 0.875. The van der Waals surface area contributed by atoms with Crippen molar-refractivity contribution in [1.29, 1.82) is 0 Å². The molecular formula is C16H28N2O3. The molecule has 2 amide bonds. The quantitative estimate of drug-likeness (QED) is 0.713. The largest absolute Gasteiger partial charge is 0.391 e. The van der Waals surface area contributed by atoms with Gasteiger partial charge in [-0.05, 0) is 38.0 Å². The number of nitrogens with one attached hydrogen (secondary N) is 2. The second-order valence-electron chi connectivity index (χ2n) is 6.88. The fourth-order valence-corrected chi connectivity index (χ4v) is 3.08. The zero-order chi connectivity index (χ0) is 15.6. The van der Waals surface area contributed by atoms with Crippen LogP contribution in [0.5, 0.6) is 0 Å². The minimum Gasteiger partial charge on any atom is -0.391 e. The Morgan fingerprint density at radius 3 is 2.38 bits per heavy atom. The Kier molecular flexibility index (Phi) is 5.25. The Bertz CT molecular complexity index is 393. The van der Waals surface area contributed by atoms with E-state index < -0.39 is 12.1 Å². The minimum atomic E-state index is -0.885. The first-order valence-electron chi connectivity index (χ1n) is 8.19. The topological polar surface area (TPSA) is 78.4 Å². The maximum absolute atomic E-state index is 12.4. The molecule has 0 spiro atoms. The maximum Gasteiger partial charge on any atom is 0.245 e. The first-order chi connectivity index (χ1) is 9.90. The third kappa shape index (κ3) is 4.19. The third-order valence-corrected chi connectivity index (χ3v) is 5.05. The van der Waals surface area contributed by atoms with E-state index in [2.05, 4.69) is 24.5 Å². The first-order valence-corrected chi connectivity index (χ1v) is 8.19. The highest BCUT2D eigenvalue weighted by atomic mass is 16.3. The Balaban J connectivity index is 1.92. The van der Waals surface area contributed by atoms with Crippen LogP contribution in [0.1, 0.15) is 52.9 Å². The van der Waals surface area contributed by atoms with Crippen LogP contribution in [0, 0.1) is 17.8 Å². The van der Waals surface area contributed by atoms with Gasteiger partial charge in [-0.25, -0.2) is 0 Å². The van der Waals surface area contributed by atoms with Gasteiger partial charge in [0.25, 0.3) is 0 Å². The molecular weight excluding hydrogens is 268 g/mol. The summed E-state index contributed by atoms with van der Waals surface area (Å²) in [5.41, 5.74) is 0. The summed E-state index contributed by atoms with van der Waals surface area (Å²) < 4.78 is 0. The summed E-state index contributed by atoms with van der Waals surface area (Å²) in [7, 11) is 0. The van der Waals surface area contributed by atoms with Gasteiger partial charge in [0.05, 0.1) is 6.10 Å². The molecule has 120 valence electrons. The highest BCUT2D eigenvalue weighted by molar-refractivity contribution is 5.89. The van der Waals surface area contributed by atoms with Crippen LogP contribution in [0.3, 0.4) is 0 Å². The lowest BCUT2D eigenvalue weighted by atomic mass is 9.78. The van der Waals surface area contributed by atoms with Crippen LogP contribution in [0.4, 0.5) is 0 Å². The van der Waals surface area contributed by atoms with Crippen LogP contribution in [-0.4, -0.2) is 35.1 Å². The summed E-state index contributed by atoms with van der Waals surface area (Å²) >= 11 is 0. The van der Waals surface area contributed by atoms with Gasteiger partial charge in [-0.15, -0.1) is 0 Å². The molecule has 0 heterocycles. The number of carbonyl (C=O) groups is 2. The Hall–Kier alpha value is -1.10. The maximum atomic E-state index is 12.4. The fourth-order valence-electron chi connectivity index (χ4n) is 3.08. The SMILES string of the molecule is CC(O)C(NC(=O)C1CC1)C(=O)NC1CCCC(C)C1C. The average molecular weight is 296 g/mol. The molecule has 5 unspecified atom stereocenters. The van der Waals surface area contributed by atoms with Gasteiger partial charge in [0.2, 0.25) is 11.8 Å². The van der Waals surface area contributed by atoms with Crippen LogP contribution < -0.4 is 10.6 Å². The molecule has 21 heavy (non-hydrogen) atoms. The van der Waals surface area contributed by atoms with Gasteiger partial charge in [-0.1, -0.05) is 26.7 Å². The van der Waals surface area contributed by atoms with Gasteiger partial charge in [-0.3, -0.25) is 9.59 Å². The van der Waals surface area contributed by atoms with Crippen molar-refractivity contribution in [1.82, 2.24) is 10.6 Å². The van der Waals surface area contributed by atoms with Crippen molar-refractivity contribution in [2.24, 2.45) is 17.8 Å². The third-order valence-electron chi connectivity index (χ3n) is 5.05. The minimum absolute atomic E-state index is 0.0349. The van der Waals surface area contributed by atoms with Crippen molar-refractivity contribution in [3.05, 3.63) is 0 Å². The van der Waals surface area contributed by atoms with E-state index in [0.29, 0.717) is 11.8 Å². The summed E-state index contributed by atoms with van der Waals surface area (Å²) in [5, 5.41) is 15.5. The van der Waals surface area contributed by atoms with Crippen molar-refractivity contribution in [3.8, 4) is 0 Å². The van der Waals surface area contributed by atoms with Crippen LogP contribution in [0.15, 0.2) is 0 Å². The predicted octanol–water partition coefficient (Wildman–Crippen LogP) is 1.20. The van der Waals surface area contributed by atoms with Gasteiger partial charge >= 0.3 is 0 Å². The van der Waals surface area contributed by atoms with E-state index in [4.69, 9.17) is 0 Å². The zero-order valence-electron chi connectivity index (χ0n) is 13.3. The Morgan fingerprint density at radius 1 is 1.14 bits per heavy atom. The van der Waals surface area contributed by atoms with Gasteiger partial charge in [0.15, 0.2) is 0 Å². The van der Waals surface area contributed by atoms with Gasteiger partial charge in [-0.2, -0.15) is 0 Å². The molecule has 0 aromatic carbocycles. The molecule has 0 aromatic rings. The van der Waals surface area contributed by atoms with Crippen molar-refractivity contribution in [3.63, 3.8) is 0 Å². The normalized spacial score (nSPS) is 32.1. The number of aliphatic hydroxyl groups is 1. The van der Waals surface area contributed by atoms with Crippen molar-refractivity contribution >= 4 is 11.8 Å². The average Bonchev–Trinajstić information content (AvgIpc) is 3.25. The van der Waals surface area contributed by atoms with Gasteiger partial charge in [0, 0.05) is 12.0 Å². The number of aliphatic hydroxyl groups excluding tert-OH is 1. The van der Waals surface area contributed by atoms with E-state index >= 15 is 0 Å². The summed E-state index contributed by atoms with van der Waals surface area (Å²) in [6.07, 6.45) is 4.18. The summed E-state index contributed by atoms with van der Waals surface area (Å²) in [4.78, 5) is 24.2. The van der Waals surface area contributed by atoms with Crippen LogP contribution in [0.2, 0.25) is 0 Å². The Morgan fingerprint density at radius 2 is 1.81 bits per heavy atom. The number of rotatable bonds is 5. The molecule has 2 fully saturated rings. The lowest BCUT2D eigenvalue weighted by Crippen LogP contribution is -2.56. The lowest BCUT2D eigenvalue weighted by molar-refractivity contribution is -0.133. The first kappa shape index (κ1) is 16.3. The molecule has 5 nitrogen and oxygen atoms in total. The molecule has 0 saturated heterocycles. The molecule has 0 aromatic heterocycles. The van der Waals surface area contributed by atoms with Crippen LogP contribution in [-0.2, 0) is 9.59 Å². The number of hydrogen-bond acceptors (Lipinski definition) is 3. The molecule has 2 aliphatic carbocycles. The van der Waals surface area contributed by atoms with E-state index in [1.807, 2.05) is 0 Å². The van der Waals surface area contributed by atoms with E-state index in [-0.39, 0.29) is 23.8 Å². The standard InChI is InChI=1S/C16H28N2O3/c1-9-5-4-6-13(10(9)2)17-16(21)14(11(3)19)18-15(20)12-7-8-12/h9-14,19H,4-8H2,1-3H3,(H,17,21)(H,18,20). The van der Waals surface area contributed by atoms with Crippen LogP contribution >= 0.6 is 0 Å². The van der Waals surface area contributed by atoms with Crippen molar-refractivity contribution in [2.45, 2.75) is 71.1 Å². The predicted molar refractivity (Wildman–Crippen MR) is 80.4 cm³/mol. The van der Waals surface area contributed by atoms with Crippen LogP contribution in [0.25, 0.3) is 0 Å². The van der Waals surface area contributed by atoms with Crippen molar-refractivity contribution < 1.29 is 14.7 Å². The highest BCUT2D eigenvalue weighted by Crippen LogP contribution is 2.30.